The summed E-state index contributed by atoms with van der Waals surface area (Å²) in [6.45, 7) is 0. The topological polar surface area (TPSA) is 0 Å². The highest BCUT2D eigenvalue weighted by Gasteiger charge is 1.98. The Morgan fingerprint density at radius 1 is 1.33 bits per heavy atom. The fourth-order valence-corrected chi connectivity index (χ4v) is 1.11. The van der Waals surface area contributed by atoms with Crippen LogP contribution in [0.25, 0.3) is 0 Å². The molecule has 47 valence electrons. The van der Waals surface area contributed by atoms with Crippen molar-refractivity contribution in [1.29, 1.82) is 0 Å². The minimum Gasteiger partial charge on any atom is -0.0712 e. The quantitative estimate of drug-likeness (QED) is 0.670. The molecule has 0 N–H and O–H groups in total. The minimum atomic E-state index is 0.228. The van der Waals surface area contributed by atoms with Crippen LogP contribution in [0, 0.1) is 6.07 Å². The van der Waals surface area contributed by atoms with Crippen LogP contribution >= 0.6 is 31.9 Å². The van der Waals surface area contributed by atoms with Crippen LogP contribution in [-0.2, 0) is 0 Å². The molecule has 0 aromatic heterocycles. The molecule has 0 saturated heterocycles. The summed E-state index contributed by atoms with van der Waals surface area (Å²) < 4.78 is 0.228. The van der Waals surface area contributed by atoms with Crippen LogP contribution in [-0.4, -0.2) is 0 Å². The van der Waals surface area contributed by atoms with Crippen LogP contribution in [0.4, 0.5) is 0 Å². The molecule has 0 saturated carbocycles. The van der Waals surface area contributed by atoms with Crippen LogP contribution in [0.3, 0.4) is 0 Å². The van der Waals surface area contributed by atoms with E-state index in [1.807, 2.05) is 24.3 Å². The summed E-state index contributed by atoms with van der Waals surface area (Å²) in [6, 6.07) is 10.9. The maximum Gasteiger partial charge on any atom is 0.0952 e. The second-order valence-corrected chi connectivity index (χ2v) is 4.68. The first-order valence-corrected chi connectivity index (χ1v) is 4.38. The zero-order valence-corrected chi connectivity index (χ0v) is 7.81. The molecule has 0 heterocycles. The first-order valence-electron chi connectivity index (χ1n) is 2.55. The first-order chi connectivity index (χ1) is 4.30. The molecule has 1 aromatic rings. The van der Waals surface area contributed by atoms with Gasteiger partial charge in [-0.25, -0.2) is 0 Å². The lowest BCUT2D eigenvalue weighted by molar-refractivity contribution is 1.41. The molecule has 0 nitrogen and oxygen atoms in total. The standard InChI is InChI=1S/C7H5Br2/c8-7(9)6-4-2-1-3-5-6/h1-4,7H. The van der Waals surface area contributed by atoms with Crippen molar-refractivity contribution in [3.05, 3.63) is 35.9 Å². The highest BCUT2D eigenvalue weighted by molar-refractivity contribution is 9.24. The second kappa shape index (κ2) is 3.37. The molecule has 0 spiro atoms. The third kappa shape index (κ3) is 2.11. The van der Waals surface area contributed by atoms with Crippen LogP contribution < -0.4 is 0 Å². The number of hydrogen-bond donors (Lipinski definition) is 0. The van der Waals surface area contributed by atoms with E-state index >= 15 is 0 Å². The predicted molar refractivity (Wildman–Crippen MR) is 45.9 cm³/mol. The Bertz CT molecular complexity index is 170. The highest BCUT2D eigenvalue weighted by Crippen LogP contribution is 2.27. The molecular weight excluding hydrogens is 244 g/mol. The smallest absolute Gasteiger partial charge is 0.0712 e. The zero-order chi connectivity index (χ0) is 6.69. The number of hydrogen-bond acceptors (Lipinski definition) is 0. The van der Waals surface area contributed by atoms with Gasteiger partial charge in [-0.1, -0.05) is 56.1 Å². The van der Waals surface area contributed by atoms with Gasteiger partial charge in [-0.2, -0.15) is 0 Å². The largest absolute Gasteiger partial charge is 0.0952 e. The molecule has 0 atom stereocenters. The van der Waals surface area contributed by atoms with E-state index in [2.05, 4.69) is 37.9 Å². The zero-order valence-electron chi connectivity index (χ0n) is 4.64. The van der Waals surface area contributed by atoms with Gasteiger partial charge in [0, 0.05) is 0 Å². The van der Waals surface area contributed by atoms with Crippen molar-refractivity contribution in [3.63, 3.8) is 0 Å². The van der Waals surface area contributed by atoms with Gasteiger partial charge in [0.2, 0.25) is 0 Å². The lowest BCUT2D eigenvalue weighted by atomic mass is 10.2. The Kier molecular flexibility index (Phi) is 2.73. The van der Waals surface area contributed by atoms with Crippen molar-refractivity contribution in [3.8, 4) is 0 Å². The average Bonchev–Trinajstić information content (AvgIpc) is 1.90. The minimum absolute atomic E-state index is 0.228. The lowest BCUT2D eigenvalue weighted by Crippen LogP contribution is -1.76. The van der Waals surface area contributed by atoms with Crippen LogP contribution in [0.5, 0.6) is 0 Å². The Morgan fingerprint density at radius 3 is 2.44 bits per heavy atom. The molecule has 0 aliphatic heterocycles. The SMILES string of the molecule is BrC(Br)c1[c]cccc1. The normalized spacial score (nSPS) is 10.1. The summed E-state index contributed by atoms with van der Waals surface area (Å²) in [6.07, 6.45) is 0. The molecule has 0 fully saturated rings. The molecule has 1 rings (SSSR count). The third-order valence-electron chi connectivity index (χ3n) is 0.968. The van der Waals surface area contributed by atoms with Gasteiger partial charge in [0.05, 0.1) is 3.74 Å². The maximum atomic E-state index is 3.37. The van der Waals surface area contributed by atoms with Gasteiger partial charge >= 0.3 is 0 Å². The van der Waals surface area contributed by atoms with E-state index in [0.717, 1.165) is 5.56 Å². The van der Waals surface area contributed by atoms with Crippen molar-refractivity contribution in [2.24, 2.45) is 0 Å². The Balaban J connectivity index is 2.85. The number of benzene rings is 1. The van der Waals surface area contributed by atoms with Gasteiger partial charge in [-0.05, 0) is 11.6 Å². The first kappa shape index (κ1) is 7.29. The lowest BCUT2D eigenvalue weighted by Gasteiger charge is -1.97. The van der Waals surface area contributed by atoms with E-state index in [-0.39, 0.29) is 3.74 Å². The van der Waals surface area contributed by atoms with E-state index in [1.165, 1.54) is 0 Å². The fourth-order valence-electron chi connectivity index (χ4n) is 0.543. The van der Waals surface area contributed by atoms with E-state index < -0.39 is 0 Å². The predicted octanol–water partition coefficient (Wildman–Crippen LogP) is 3.28. The van der Waals surface area contributed by atoms with E-state index in [1.54, 1.807) is 0 Å². The molecule has 0 unspecified atom stereocenters. The van der Waals surface area contributed by atoms with Crippen molar-refractivity contribution < 1.29 is 0 Å². The summed E-state index contributed by atoms with van der Waals surface area (Å²) >= 11 is 6.74. The molecule has 0 bridgehead atoms. The Morgan fingerprint density at radius 2 is 2.11 bits per heavy atom. The molecule has 9 heavy (non-hydrogen) atoms. The molecule has 1 radical (unpaired) electrons. The Hall–Kier alpha value is 0.180. The maximum absolute atomic E-state index is 3.37. The molecule has 0 aliphatic carbocycles. The van der Waals surface area contributed by atoms with Gasteiger partial charge < -0.3 is 0 Å². The van der Waals surface area contributed by atoms with E-state index in [9.17, 15) is 0 Å². The van der Waals surface area contributed by atoms with Gasteiger partial charge in [0.25, 0.3) is 0 Å². The van der Waals surface area contributed by atoms with Crippen LogP contribution in [0.2, 0.25) is 0 Å². The van der Waals surface area contributed by atoms with Crippen LogP contribution in [0.1, 0.15) is 9.30 Å². The fraction of sp³-hybridized carbons (Fsp3) is 0.143. The summed E-state index contributed by atoms with van der Waals surface area (Å²) in [4.78, 5) is 0. The number of alkyl halides is 2. The van der Waals surface area contributed by atoms with E-state index in [0.29, 0.717) is 0 Å². The van der Waals surface area contributed by atoms with E-state index in [4.69, 9.17) is 0 Å². The number of halogens is 2. The second-order valence-electron chi connectivity index (χ2n) is 1.62. The summed E-state index contributed by atoms with van der Waals surface area (Å²) in [5.41, 5.74) is 1.12. The van der Waals surface area contributed by atoms with Gasteiger partial charge in [-0.15, -0.1) is 0 Å². The van der Waals surface area contributed by atoms with Gasteiger partial charge in [-0.3, -0.25) is 0 Å². The monoisotopic (exact) mass is 247 g/mol. The highest BCUT2D eigenvalue weighted by atomic mass is 79.9. The van der Waals surface area contributed by atoms with Crippen LogP contribution in [0.15, 0.2) is 24.3 Å². The molecule has 0 amide bonds. The summed E-state index contributed by atoms with van der Waals surface area (Å²) in [5, 5.41) is 0. The Labute approximate surface area is 71.5 Å². The van der Waals surface area contributed by atoms with Crippen molar-refractivity contribution >= 4 is 31.9 Å². The van der Waals surface area contributed by atoms with Crippen molar-refractivity contribution in [2.45, 2.75) is 3.74 Å². The molecule has 0 aliphatic rings. The summed E-state index contributed by atoms with van der Waals surface area (Å²) in [5.74, 6) is 0. The summed E-state index contributed by atoms with van der Waals surface area (Å²) in [7, 11) is 0. The third-order valence-corrected chi connectivity index (χ3v) is 1.95. The van der Waals surface area contributed by atoms with Crippen molar-refractivity contribution in [2.75, 3.05) is 0 Å². The molecule has 1 aromatic carbocycles. The molecule has 2 heteroatoms. The van der Waals surface area contributed by atoms with Gasteiger partial charge in [0.1, 0.15) is 0 Å². The molecular formula is C7H5Br2. The number of rotatable bonds is 1. The van der Waals surface area contributed by atoms with Gasteiger partial charge in [0.15, 0.2) is 0 Å². The average molecular weight is 249 g/mol. The van der Waals surface area contributed by atoms with Crippen molar-refractivity contribution in [1.82, 2.24) is 0 Å².